The fourth-order valence-corrected chi connectivity index (χ4v) is 11.3. The fourth-order valence-electron chi connectivity index (χ4n) is 9.92. The molecule has 6 bridgehead atoms. The van der Waals surface area contributed by atoms with E-state index in [1.54, 1.807) is 56.2 Å². The largest absolute Gasteiger partial charge is 0.498 e. The van der Waals surface area contributed by atoms with E-state index in [-0.39, 0.29) is 30.7 Å². The molecule has 3 amide bonds. The number of aliphatic hydroxyl groups excluding tert-OH is 1. The van der Waals surface area contributed by atoms with Crippen LogP contribution < -0.4 is 5.43 Å². The van der Waals surface area contributed by atoms with E-state index in [0.717, 1.165) is 68.4 Å². The number of aromatic nitrogens is 3. The third-order valence-corrected chi connectivity index (χ3v) is 14.9. The summed E-state index contributed by atoms with van der Waals surface area (Å²) in [7, 11) is 6.95. The van der Waals surface area contributed by atoms with Gasteiger partial charge in [0, 0.05) is 72.7 Å². The van der Waals surface area contributed by atoms with E-state index in [2.05, 4.69) is 54.7 Å². The van der Waals surface area contributed by atoms with Crippen LogP contribution in [0.4, 0.5) is 4.79 Å². The minimum absolute atomic E-state index is 0.107. The molecule has 2 N–H and O–H groups in total. The van der Waals surface area contributed by atoms with Crippen molar-refractivity contribution in [2.75, 3.05) is 54.5 Å². The SMILES string of the molecule is CCn1c(-c2cccnc2[C@H](C=S)OC)c2c3c1C(C)CC(=C3)c1csc(n1)C[C@H]([N+](=S)C(=O)C(=C(C)C)N(C)C(=O)/[N+](C)=C1\CCN(C)C1)C(O)N1CCC[C@H](N1)C(=O)OCC(C)(C)C2. The summed E-state index contributed by atoms with van der Waals surface area (Å²) >= 11 is 12.9. The molecule has 0 radical (unpaired) electrons. The number of carbonyl (C=O) groups excluding carboxylic acids is 3. The molecule has 6 heterocycles. The smallest absolute Gasteiger partial charge is 0.464 e. The summed E-state index contributed by atoms with van der Waals surface area (Å²) in [4.78, 5) is 56.2. The number of likely N-dealkylation sites (tertiary alicyclic amines) is 1. The number of allylic oxidation sites excluding steroid dienone is 2. The number of hydrazine groups is 1. The zero-order valence-corrected chi connectivity index (χ0v) is 42.4. The van der Waals surface area contributed by atoms with Gasteiger partial charge < -0.3 is 19.1 Å². The molecule has 0 saturated carbocycles. The van der Waals surface area contributed by atoms with Crippen molar-refractivity contribution in [1.29, 1.82) is 0 Å². The van der Waals surface area contributed by atoms with Gasteiger partial charge in [-0.1, -0.05) is 36.9 Å². The molecule has 15 nitrogen and oxygen atoms in total. The third-order valence-electron chi connectivity index (χ3n) is 13.3. The highest BCUT2D eigenvalue weighted by atomic mass is 32.1. The van der Waals surface area contributed by atoms with Gasteiger partial charge in [0.1, 0.15) is 17.2 Å². The summed E-state index contributed by atoms with van der Waals surface area (Å²) in [6.45, 7) is 14.9. The van der Waals surface area contributed by atoms with E-state index in [0.29, 0.717) is 49.5 Å². The summed E-state index contributed by atoms with van der Waals surface area (Å²) in [5.74, 6) is -0.922. The van der Waals surface area contributed by atoms with Gasteiger partial charge in [-0.15, -0.1) is 11.3 Å². The molecule has 2 saturated heterocycles. The summed E-state index contributed by atoms with van der Waals surface area (Å²) in [5.41, 5.74) is 12.4. The monoisotopic (exact) mass is 959 g/mol. The standard InChI is InChI=1S/C48H65N9O6S3/c1-11-55-42-29(4)20-30-21-33(42)34(43(55)32-14-12-17-49-40(32)38(25-64)62-10)23-48(5,6)27-63-46(60)35-15-13-18-56(51-35)44(58)37(22-39-50-36(30)26-66-39)57(65)45(59)41(28(2)3)54(9)47(61)53(8)31-16-19-52(7)24-31/h12,14,17,21,25-26,29,35,37-38,44,51,58H,11,13,15-16,18-20,22-24,27H2,1-10H3/q+2/b53-31+/t29?,35-,37-,38-,44?/m0/s1. The van der Waals surface area contributed by atoms with Gasteiger partial charge in [0.15, 0.2) is 6.23 Å². The molecular formula is C48H65N9O6S3+2. The second-order valence-electron chi connectivity index (χ2n) is 19.1. The number of nitrogens with one attached hydrogen (secondary N) is 1. The number of thiocarbonyl (C=S) groups is 1. The summed E-state index contributed by atoms with van der Waals surface area (Å²) in [6.07, 6.45) is 5.41. The lowest BCUT2D eigenvalue weighted by atomic mass is 9.80. The Morgan fingerprint density at radius 2 is 2.00 bits per heavy atom. The molecule has 6 atom stereocenters. The van der Waals surface area contributed by atoms with Crippen LogP contribution in [-0.2, 0) is 50.9 Å². The van der Waals surface area contributed by atoms with Crippen molar-refractivity contribution < 1.29 is 37.5 Å². The molecule has 3 unspecified atom stereocenters. The minimum atomic E-state index is -1.35. The predicted octanol–water partition coefficient (Wildman–Crippen LogP) is 6.12. The zero-order chi connectivity index (χ0) is 47.8. The second-order valence-corrected chi connectivity index (χ2v) is 20.7. The molecule has 18 heteroatoms. The number of urea groups is 1. The maximum atomic E-state index is 14.7. The van der Waals surface area contributed by atoms with Gasteiger partial charge in [0.25, 0.3) is 12.4 Å². The Morgan fingerprint density at radius 1 is 1.24 bits per heavy atom. The number of fused-ring (bicyclic) bond motifs is 5. The molecule has 1 aliphatic carbocycles. The molecule has 7 rings (SSSR count). The Hall–Kier alpha value is -4.27. The van der Waals surface area contributed by atoms with E-state index in [9.17, 15) is 19.5 Å². The van der Waals surface area contributed by atoms with Gasteiger partial charge in [0.2, 0.25) is 11.7 Å². The van der Waals surface area contributed by atoms with E-state index in [1.807, 2.05) is 18.5 Å². The highest BCUT2D eigenvalue weighted by molar-refractivity contribution is 7.79. The van der Waals surface area contributed by atoms with Crippen LogP contribution in [0.25, 0.3) is 22.9 Å². The number of carbonyl (C=O) groups is 3. The van der Waals surface area contributed by atoms with Crippen LogP contribution in [0.15, 0.2) is 35.0 Å². The molecule has 354 valence electrons. The van der Waals surface area contributed by atoms with Crippen LogP contribution in [-0.4, -0.2) is 145 Å². The Morgan fingerprint density at radius 3 is 2.67 bits per heavy atom. The molecule has 2 fully saturated rings. The normalized spacial score (nSPS) is 24.6. The number of esters is 1. The number of likely N-dealkylation sites (N-methyl/N-ethyl adjacent to an activating group) is 1. The van der Waals surface area contributed by atoms with Crippen LogP contribution in [0, 0.1) is 5.41 Å². The number of rotatable bonds is 8. The molecule has 4 aliphatic rings. The van der Waals surface area contributed by atoms with E-state index >= 15 is 0 Å². The lowest BCUT2D eigenvalue weighted by Gasteiger charge is -2.37. The molecule has 3 aromatic heterocycles. The van der Waals surface area contributed by atoms with Crippen molar-refractivity contribution in [3.05, 3.63) is 68.2 Å². The van der Waals surface area contributed by atoms with Crippen LogP contribution in [0.3, 0.4) is 0 Å². The van der Waals surface area contributed by atoms with Crippen LogP contribution in [0.2, 0.25) is 0 Å². The van der Waals surface area contributed by atoms with Gasteiger partial charge in [-0.25, -0.2) is 24.8 Å². The van der Waals surface area contributed by atoms with E-state index in [1.165, 1.54) is 21.9 Å². The highest BCUT2D eigenvalue weighted by Gasteiger charge is 2.47. The van der Waals surface area contributed by atoms with Gasteiger partial charge in [-0.05, 0) is 94.0 Å². The van der Waals surface area contributed by atoms with Crippen LogP contribution >= 0.6 is 23.6 Å². The number of thiazole rings is 1. The Bertz CT molecular complexity index is 2500. The van der Waals surface area contributed by atoms with Crippen molar-refractivity contribution >= 4 is 76.6 Å². The fraction of sp³-hybridized carbons (Fsp3) is 0.562. The number of pyridine rings is 1. The predicted molar refractivity (Wildman–Crippen MR) is 262 cm³/mol. The van der Waals surface area contributed by atoms with Crippen LogP contribution in [0.1, 0.15) is 112 Å². The van der Waals surface area contributed by atoms with E-state index < -0.39 is 41.7 Å². The summed E-state index contributed by atoms with van der Waals surface area (Å²) < 4.78 is 17.1. The zero-order valence-electron chi connectivity index (χ0n) is 39.9. The van der Waals surface area contributed by atoms with Crippen molar-refractivity contribution in [2.45, 2.75) is 117 Å². The first-order valence-electron chi connectivity index (χ1n) is 22.8. The van der Waals surface area contributed by atoms with Crippen LogP contribution in [0.5, 0.6) is 0 Å². The maximum Gasteiger partial charge on any atom is 0.498 e. The number of amides is 3. The van der Waals surface area contributed by atoms with Gasteiger partial charge >= 0.3 is 17.9 Å². The molecule has 3 aromatic rings. The molecular weight excluding hydrogens is 895 g/mol. The topological polar surface area (TPSA) is 148 Å². The number of cyclic esters (lactones) is 1. The first-order chi connectivity index (χ1) is 31.4. The Balaban J connectivity index is 1.33. The second kappa shape index (κ2) is 20.5. The van der Waals surface area contributed by atoms with Crippen molar-refractivity contribution in [1.82, 2.24) is 34.8 Å². The maximum absolute atomic E-state index is 14.7. The first kappa shape index (κ1) is 49.6. The van der Waals surface area contributed by atoms with Crippen molar-refractivity contribution in [3.8, 4) is 11.3 Å². The summed E-state index contributed by atoms with van der Waals surface area (Å²) in [6, 6.07) is 1.90. The highest BCUT2D eigenvalue weighted by Crippen LogP contribution is 2.47. The van der Waals surface area contributed by atoms with Gasteiger partial charge in [0.05, 0.1) is 56.5 Å². The van der Waals surface area contributed by atoms with E-state index in [4.69, 9.17) is 44.1 Å². The van der Waals surface area contributed by atoms with Gasteiger partial charge in [-0.3, -0.25) is 14.7 Å². The average Bonchev–Trinajstić information content (AvgIpc) is 4.04. The first-order valence-corrected chi connectivity index (χ1v) is 24.5. The average molecular weight is 960 g/mol. The molecule has 3 aliphatic heterocycles. The lowest BCUT2D eigenvalue weighted by Crippen LogP contribution is -2.62. The number of nitrogens with zero attached hydrogens (tertiary/aromatic N) is 8. The quantitative estimate of drug-likeness (QED) is 0.116. The van der Waals surface area contributed by atoms with Crippen molar-refractivity contribution in [3.63, 3.8) is 0 Å². The Kier molecular flexibility index (Phi) is 15.4. The minimum Gasteiger partial charge on any atom is -0.464 e. The third kappa shape index (κ3) is 9.97. The van der Waals surface area contributed by atoms with Gasteiger partial charge in [-0.2, -0.15) is 9.69 Å². The Labute approximate surface area is 403 Å². The molecule has 66 heavy (non-hydrogen) atoms. The lowest BCUT2D eigenvalue weighted by molar-refractivity contribution is -0.482. The number of hydrogen-bond acceptors (Lipinski definition) is 14. The number of methoxy groups -OCH3 is 1. The molecule has 0 aromatic carbocycles. The molecule has 0 spiro atoms. The number of aliphatic hydroxyl groups is 1. The number of hydrogen-bond donors (Lipinski definition) is 2. The number of ether oxygens (including phenoxy) is 2. The van der Waals surface area contributed by atoms with Crippen molar-refractivity contribution in [2.24, 2.45) is 5.41 Å². The summed E-state index contributed by atoms with van der Waals surface area (Å²) in [5, 5.41) is 18.2.